The van der Waals surface area contributed by atoms with Gasteiger partial charge in [-0.1, -0.05) is 6.07 Å². The highest BCUT2D eigenvalue weighted by atomic mass is 16.5. The van der Waals surface area contributed by atoms with E-state index in [1.807, 2.05) is 25.1 Å². The van der Waals surface area contributed by atoms with Crippen LogP contribution in [0.2, 0.25) is 0 Å². The lowest BCUT2D eigenvalue weighted by atomic mass is 10.0. The summed E-state index contributed by atoms with van der Waals surface area (Å²) in [6.45, 7) is 4.33. The molecule has 1 spiro atoms. The second kappa shape index (κ2) is 6.76. The third-order valence-corrected chi connectivity index (χ3v) is 4.66. The number of likely N-dealkylation sites (N-methyl/N-ethyl adjacent to an activating group) is 1. The molecule has 1 N–H and O–H groups in total. The van der Waals surface area contributed by atoms with Crippen molar-refractivity contribution in [3.05, 3.63) is 29.6 Å². The van der Waals surface area contributed by atoms with Crippen LogP contribution in [-0.4, -0.2) is 72.2 Å². The van der Waals surface area contributed by atoms with Crippen molar-refractivity contribution in [3.63, 3.8) is 0 Å². The second-order valence-electron chi connectivity index (χ2n) is 6.65. The standard InChI is InChI=1S/C17H24N4O3/c1-13-4-3-5-14(19-13)6-8-18-16(23)21-9-7-17(12-21)11-20(2)15(22)10-24-17/h3-5H,6-12H2,1-2H3,(H,18,23)/t17-/m1/s1. The molecule has 0 aromatic carbocycles. The van der Waals surface area contributed by atoms with Crippen molar-refractivity contribution >= 4 is 11.9 Å². The van der Waals surface area contributed by atoms with Gasteiger partial charge < -0.3 is 19.9 Å². The first-order valence-electron chi connectivity index (χ1n) is 8.31. The Morgan fingerprint density at radius 2 is 2.25 bits per heavy atom. The van der Waals surface area contributed by atoms with Gasteiger partial charge in [-0.15, -0.1) is 0 Å². The molecule has 1 aromatic heterocycles. The molecule has 1 aromatic rings. The van der Waals surface area contributed by atoms with Crippen LogP contribution in [0.5, 0.6) is 0 Å². The number of carbonyl (C=O) groups excluding carboxylic acids is 2. The number of aromatic nitrogens is 1. The van der Waals surface area contributed by atoms with Crippen LogP contribution in [0.3, 0.4) is 0 Å². The van der Waals surface area contributed by atoms with Crippen LogP contribution in [0.15, 0.2) is 18.2 Å². The van der Waals surface area contributed by atoms with E-state index in [-0.39, 0.29) is 18.5 Å². The van der Waals surface area contributed by atoms with Gasteiger partial charge in [0.2, 0.25) is 5.91 Å². The molecule has 0 bridgehead atoms. The summed E-state index contributed by atoms with van der Waals surface area (Å²) >= 11 is 0. The predicted molar refractivity (Wildman–Crippen MR) is 88.6 cm³/mol. The Kier molecular flexibility index (Phi) is 4.71. The molecule has 2 fully saturated rings. The fourth-order valence-corrected chi connectivity index (χ4v) is 3.30. The van der Waals surface area contributed by atoms with Crippen molar-refractivity contribution in [1.29, 1.82) is 0 Å². The Balaban J connectivity index is 1.47. The van der Waals surface area contributed by atoms with Crippen LogP contribution in [0.1, 0.15) is 17.8 Å². The van der Waals surface area contributed by atoms with Gasteiger partial charge >= 0.3 is 6.03 Å². The van der Waals surface area contributed by atoms with Gasteiger partial charge in [0.05, 0.1) is 13.1 Å². The average molecular weight is 332 g/mol. The molecule has 24 heavy (non-hydrogen) atoms. The van der Waals surface area contributed by atoms with Gasteiger partial charge in [-0.3, -0.25) is 9.78 Å². The Hall–Kier alpha value is -2.15. The number of urea groups is 1. The molecule has 2 saturated heterocycles. The largest absolute Gasteiger partial charge is 0.361 e. The minimum atomic E-state index is -0.405. The lowest BCUT2D eigenvalue weighted by molar-refractivity contribution is -0.158. The van der Waals surface area contributed by atoms with Crippen LogP contribution in [0.4, 0.5) is 4.79 Å². The maximum atomic E-state index is 12.3. The Labute approximate surface area is 142 Å². The van der Waals surface area contributed by atoms with Crippen LogP contribution >= 0.6 is 0 Å². The predicted octanol–water partition coefficient (Wildman–Crippen LogP) is 0.575. The van der Waals surface area contributed by atoms with Gasteiger partial charge in [0.25, 0.3) is 0 Å². The van der Waals surface area contributed by atoms with E-state index < -0.39 is 5.60 Å². The van der Waals surface area contributed by atoms with E-state index >= 15 is 0 Å². The topological polar surface area (TPSA) is 74.8 Å². The van der Waals surface area contributed by atoms with Crippen molar-refractivity contribution in [2.45, 2.75) is 25.4 Å². The average Bonchev–Trinajstić information content (AvgIpc) is 2.95. The molecule has 3 heterocycles. The Bertz CT molecular complexity index is 636. The normalized spacial score (nSPS) is 23.8. The van der Waals surface area contributed by atoms with E-state index in [0.717, 1.165) is 17.8 Å². The smallest absolute Gasteiger partial charge is 0.317 e. The lowest BCUT2D eigenvalue weighted by Gasteiger charge is -2.38. The van der Waals surface area contributed by atoms with E-state index in [2.05, 4.69) is 10.3 Å². The monoisotopic (exact) mass is 332 g/mol. The first-order chi connectivity index (χ1) is 11.5. The summed E-state index contributed by atoms with van der Waals surface area (Å²) < 4.78 is 5.75. The maximum absolute atomic E-state index is 12.3. The van der Waals surface area contributed by atoms with Crippen LogP contribution in [0, 0.1) is 6.92 Å². The molecule has 0 saturated carbocycles. The number of likely N-dealkylation sites (tertiary alicyclic amines) is 1. The highest BCUT2D eigenvalue weighted by molar-refractivity contribution is 5.78. The fourth-order valence-electron chi connectivity index (χ4n) is 3.30. The van der Waals surface area contributed by atoms with E-state index in [0.29, 0.717) is 32.6 Å². The maximum Gasteiger partial charge on any atom is 0.317 e. The van der Waals surface area contributed by atoms with Crippen molar-refractivity contribution in [3.8, 4) is 0 Å². The molecule has 0 aliphatic carbocycles. The van der Waals surface area contributed by atoms with Crippen molar-refractivity contribution in [2.24, 2.45) is 0 Å². The van der Waals surface area contributed by atoms with Gasteiger partial charge in [0.1, 0.15) is 12.2 Å². The van der Waals surface area contributed by atoms with Crippen molar-refractivity contribution < 1.29 is 14.3 Å². The first kappa shape index (κ1) is 16.7. The molecule has 3 amide bonds. The molecule has 0 radical (unpaired) electrons. The number of aryl methyl sites for hydroxylation is 1. The third-order valence-electron chi connectivity index (χ3n) is 4.66. The number of amides is 3. The molecular weight excluding hydrogens is 308 g/mol. The van der Waals surface area contributed by atoms with Gasteiger partial charge in [-0.2, -0.15) is 0 Å². The molecule has 7 nitrogen and oxygen atoms in total. The summed E-state index contributed by atoms with van der Waals surface area (Å²) in [6, 6.07) is 5.81. The first-order valence-corrected chi connectivity index (χ1v) is 8.31. The molecular formula is C17H24N4O3. The molecule has 2 aliphatic heterocycles. The van der Waals surface area contributed by atoms with E-state index in [9.17, 15) is 9.59 Å². The fraction of sp³-hybridized carbons (Fsp3) is 0.588. The molecule has 130 valence electrons. The molecule has 2 aliphatic rings. The quantitative estimate of drug-likeness (QED) is 0.878. The summed E-state index contributed by atoms with van der Waals surface area (Å²) in [5, 5.41) is 2.95. The van der Waals surface area contributed by atoms with Gasteiger partial charge in [0, 0.05) is 37.9 Å². The number of nitrogens with zero attached hydrogens (tertiary/aromatic N) is 3. The van der Waals surface area contributed by atoms with Crippen LogP contribution in [0.25, 0.3) is 0 Å². The van der Waals surface area contributed by atoms with E-state index in [1.54, 1.807) is 16.8 Å². The van der Waals surface area contributed by atoms with Crippen LogP contribution < -0.4 is 5.32 Å². The summed E-state index contributed by atoms with van der Waals surface area (Å²) in [7, 11) is 1.78. The molecule has 3 rings (SSSR count). The lowest BCUT2D eigenvalue weighted by Crippen LogP contribution is -2.55. The highest BCUT2D eigenvalue weighted by Gasteiger charge is 2.45. The minimum absolute atomic E-state index is 0.00539. The molecule has 7 heteroatoms. The minimum Gasteiger partial charge on any atom is -0.361 e. The van der Waals surface area contributed by atoms with Crippen LogP contribution in [-0.2, 0) is 16.0 Å². The second-order valence-corrected chi connectivity index (χ2v) is 6.65. The summed E-state index contributed by atoms with van der Waals surface area (Å²) in [6.07, 6.45) is 1.47. The number of carbonyl (C=O) groups is 2. The Morgan fingerprint density at radius 3 is 3.00 bits per heavy atom. The van der Waals surface area contributed by atoms with E-state index in [4.69, 9.17) is 4.74 Å². The number of rotatable bonds is 3. The van der Waals surface area contributed by atoms with Crippen molar-refractivity contribution in [2.75, 3.05) is 39.8 Å². The van der Waals surface area contributed by atoms with Gasteiger partial charge in [-0.05, 0) is 25.5 Å². The SMILES string of the molecule is Cc1cccc(CCNC(=O)N2CC[C@@]3(CN(C)C(=O)CO3)C2)n1. The zero-order chi connectivity index (χ0) is 17.2. The molecule has 0 unspecified atom stereocenters. The van der Waals surface area contributed by atoms with Gasteiger partial charge in [-0.25, -0.2) is 4.79 Å². The Morgan fingerprint density at radius 1 is 1.42 bits per heavy atom. The zero-order valence-corrected chi connectivity index (χ0v) is 14.2. The number of ether oxygens (including phenoxy) is 1. The number of pyridine rings is 1. The summed E-state index contributed by atoms with van der Waals surface area (Å²) in [4.78, 5) is 31.8. The number of hydrogen-bond acceptors (Lipinski definition) is 4. The zero-order valence-electron chi connectivity index (χ0n) is 14.2. The number of nitrogens with one attached hydrogen (secondary N) is 1. The highest BCUT2D eigenvalue weighted by Crippen LogP contribution is 2.29. The third kappa shape index (κ3) is 3.67. The van der Waals surface area contributed by atoms with Crippen molar-refractivity contribution in [1.82, 2.24) is 20.1 Å². The van der Waals surface area contributed by atoms with Gasteiger partial charge in [0.15, 0.2) is 0 Å². The number of hydrogen-bond donors (Lipinski definition) is 1. The summed E-state index contributed by atoms with van der Waals surface area (Å²) in [5.74, 6) is -0.00539. The number of morpholine rings is 1. The van der Waals surface area contributed by atoms with E-state index in [1.165, 1.54) is 0 Å². The summed E-state index contributed by atoms with van der Waals surface area (Å²) in [5.41, 5.74) is 1.55. The molecule has 1 atom stereocenters.